The first-order chi connectivity index (χ1) is 9.69. The smallest absolute Gasteiger partial charge is 0.182 e. The second kappa shape index (κ2) is 13.1. The SMILES string of the molecule is CC.CC.Nc1cc2ccccc2cc1N.O=CC=O. The molecule has 4 N–H and O–H groups in total. The maximum Gasteiger partial charge on any atom is 0.182 e. The van der Waals surface area contributed by atoms with Gasteiger partial charge in [0.1, 0.15) is 0 Å². The highest BCUT2D eigenvalue weighted by molar-refractivity contribution is 6.09. The molecule has 4 nitrogen and oxygen atoms in total. The molecule has 0 aliphatic heterocycles. The van der Waals surface area contributed by atoms with Crippen LogP contribution in [-0.4, -0.2) is 12.6 Å². The van der Waals surface area contributed by atoms with E-state index in [9.17, 15) is 0 Å². The van der Waals surface area contributed by atoms with Crippen molar-refractivity contribution in [2.24, 2.45) is 0 Å². The topological polar surface area (TPSA) is 86.2 Å². The lowest BCUT2D eigenvalue weighted by Gasteiger charge is -2.02. The van der Waals surface area contributed by atoms with Crippen LogP contribution in [-0.2, 0) is 9.59 Å². The molecule has 0 saturated carbocycles. The zero-order valence-corrected chi connectivity index (χ0v) is 12.6. The van der Waals surface area contributed by atoms with Crippen molar-refractivity contribution in [3.8, 4) is 0 Å². The highest BCUT2D eigenvalue weighted by Crippen LogP contribution is 2.22. The van der Waals surface area contributed by atoms with Gasteiger partial charge in [-0.15, -0.1) is 0 Å². The van der Waals surface area contributed by atoms with E-state index in [4.69, 9.17) is 21.1 Å². The fraction of sp³-hybridized carbons (Fsp3) is 0.250. The van der Waals surface area contributed by atoms with E-state index in [1.165, 1.54) is 0 Å². The number of hydrogen-bond acceptors (Lipinski definition) is 4. The molecule has 4 heteroatoms. The number of fused-ring (bicyclic) bond motifs is 1. The number of anilines is 2. The Morgan fingerprint density at radius 3 is 1.30 bits per heavy atom. The predicted molar refractivity (Wildman–Crippen MR) is 87.6 cm³/mol. The maximum atomic E-state index is 8.81. The molecule has 2 aromatic rings. The third-order valence-electron chi connectivity index (χ3n) is 2.01. The van der Waals surface area contributed by atoms with Gasteiger partial charge in [0.15, 0.2) is 12.6 Å². The van der Waals surface area contributed by atoms with Crippen LogP contribution in [0.2, 0.25) is 0 Å². The molecule has 0 amide bonds. The van der Waals surface area contributed by atoms with Crippen molar-refractivity contribution in [3.05, 3.63) is 36.4 Å². The average Bonchev–Trinajstić information content (AvgIpc) is 2.52. The summed E-state index contributed by atoms with van der Waals surface area (Å²) in [5, 5.41) is 2.26. The summed E-state index contributed by atoms with van der Waals surface area (Å²) < 4.78 is 0. The van der Waals surface area contributed by atoms with Crippen molar-refractivity contribution < 1.29 is 9.59 Å². The van der Waals surface area contributed by atoms with Gasteiger partial charge >= 0.3 is 0 Å². The van der Waals surface area contributed by atoms with E-state index in [1.54, 1.807) is 0 Å². The van der Waals surface area contributed by atoms with Crippen LogP contribution in [0.5, 0.6) is 0 Å². The van der Waals surface area contributed by atoms with E-state index >= 15 is 0 Å². The average molecular weight is 276 g/mol. The quantitative estimate of drug-likeness (QED) is 0.474. The van der Waals surface area contributed by atoms with Crippen LogP contribution in [0.15, 0.2) is 36.4 Å². The monoisotopic (exact) mass is 276 g/mol. The van der Waals surface area contributed by atoms with Crippen molar-refractivity contribution in [1.82, 2.24) is 0 Å². The van der Waals surface area contributed by atoms with Crippen molar-refractivity contribution in [2.45, 2.75) is 27.7 Å². The Bertz CT molecular complexity index is 464. The highest BCUT2D eigenvalue weighted by Gasteiger charge is 1.96. The molecule has 20 heavy (non-hydrogen) atoms. The standard InChI is InChI=1S/C10H10N2.C2H2O2.2C2H6/c11-9-5-7-3-1-2-4-8(7)6-10(9)12;3-1-2-4;2*1-2/h1-6H,11-12H2;1-2H;2*1-2H3. The molecule has 0 spiro atoms. The molecule has 0 heterocycles. The Balaban J connectivity index is 0. The third kappa shape index (κ3) is 7.16. The minimum Gasteiger partial charge on any atom is -0.397 e. The Morgan fingerprint density at radius 1 is 0.750 bits per heavy atom. The first-order valence-electron chi connectivity index (χ1n) is 6.61. The van der Waals surface area contributed by atoms with Gasteiger partial charge in [0.2, 0.25) is 0 Å². The van der Waals surface area contributed by atoms with Gasteiger partial charge < -0.3 is 11.5 Å². The van der Waals surface area contributed by atoms with Gasteiger partial charge in [-0.1, -0.05) is 52.0 Å². The molecule has 0 aromatic heterocycles. The molecular formula is C16H24N2O2. The van der Waals surface area contributed by atoms with Crippen molar-refractivity contribution in [1.29, 1.82) is 0 Å². The summed E-state index contributed by atoms with van der Waals surface area (Å²) >= 11 is 0. The number of benzene rings is 2. The molecule has 0 unspecified atom stereocenters. The van der Waals surface area contributed by atoms with Gasteiger partial charge in [-0.2, -0.15) is 0 Å². The lowest BCUT2D eigenvalue weighted by atomic mass is 10.1. The molecule has 0 radical (unpaired) electrons. The molecule has 0 bridgehead atoms. The lowest BCUT2D eigenvalue weighted by Crippen LogP contribution is -1.93. The summed E-state index contributed by atoms with van der Waals surface area (Å²) in [5.41, 5.74) is 12.6. The summed E-state index contributed by atoms with van der Waals surface area (Å²) in [5.74, 6) is 0. The number of carbonyl (C=O) groups is 2. The molecular weight excluding hydrogens is 252 g/mol. The van der Waals surface area contributed by atoms with Crippen LogP contribution >= 0.6 is 0 Å². The van der Waals surface area contributed by atoms with Gasteiger partial charge in [0.05, 0.1) is 11.4 Å². The van der Waals surface area contributed by atoms with E-state index in [1.807, 2.05) is 64.1 Å². The molecule has 0 saturated heterocycles. The van der Waals surface area contributed by atoms with Crippen molar-refractivity contribution in [3.63, 3.8) is 0 Å². The predicted octanol–water partition coefficient (Wildman–Crippen LogP) is 3.44. The van der Waals surface area contributed by atoms with Crippen LogP contribution in [0.1, 0.15) is 27.7 Å². The van der Waals surface area contributed by atoms with Gasteiger partial charge in [-0.3, -0.25) is 9.59 Å². The van der Waals surface area contributed by atoms with E-state index in [0.29, 0.717) is 11.4 Å². The van der Waals surface area contributed by atoms with Crippen molar-refractivity contribution in [2.75, 3.05) is 11.5 Å². The van der Waals surface area contributed by atoms with Crippen molar-refractivity contribution >= 4 is 34.7 Å². The zero-order chi connectivity index (χ0) is 16.0. The lowest BCUT2D eigenvalue weighted by molar-refractivity contribution is -0.122. The number of nitrogens with two attached hydrogens (primary N) is 2. The summed E-state index contributed by atoms with van der Waals surface area (Å²) in [6, 6.07) is 11.8. The maximum absolute atomic E-state index is 8.81. The Hall–Kier alpha value is -2.36. The molecule has 2 aromatic carbocycles. The normalized spacial score (nSPS) is 7.80. The number of carbonyl (C=O) groups excluding carboxylic acids is 2. The molecule has 0 aliphatic carbocycles. The Morgan fingerprint density at radius 2 is 1.05 bits per heavy atom. The summed E-state index contributed by atoms with van der Waals surface area (Å²) in [7, 11) is 0. The number of nitrogen functional groups attached to an aromatic ring is 2. The minimum absolute atomic E-state index is 0.194. The number of hydrogen-bond donors (Lipinski definition) is 2. The van der Waals surface area contributed by atoms with Crippen LogP contribution in [0, 0.1) is 0 Å². The van der Waals surface area contributed by atoms with E-state index in [0.717, 1.165) is 10.8 Å². The molecule has 0 aliphatic rings. The fourth-order valence-corrected chi connectivity index (χ4v) is 1.28. The van der Waals surface area contributed by atoms with Gasteiger partial charge in [0, 0.05) is 0 Å². The van der Waals surface area contributed by atoms with Crippen LogP contribution in [0.4, 0.5) is 11.4 Å². The molecule has 110 valence electrons. The summed E-state index contributed by atoms with van der Waals surface area (Å²) in [6.07, 6.45) is 0.389. The number of aldehydes is 2. The Labute approximate surface area is 120 Å². The highest BCUT2D eigenvalue weighted by atomic mass is 16.2. The van der Waals surface area contributed by atoms with E-state index in [-0.39, 0.29) is 12.6 Å². The largest absolute Gasteiger partial charge is 0.397 e. The molecule has 2 rings (SSSR count). The zero-order valence-electron chi connectivity index (χ0n) is 12.6. The first kappa shape index (κ1) is 20.0. The summed E-state index contributed by atoms with van der Waals surface area (Å²) in [6.45, 7) is 8.00. The minimum atomic E-state index is 0.194. The van der Waals surface area contributed by atoms with Gasteiger partial charge in [0.25, 0.3) is 0 Å². The van der Waals surface area contributed by atoms with Crippen LogP contribution in [0.3, 0.4) is 0 Å². The van der Waals surface area contributed by atoms with E-state index in [2.05, 4.69) is 0 Å². The van der Waals surface area contributed by atoms with Gasteiger partial charge in [-0.25, -0.2) is 0 Å². The third-order valence-corrected chi connectivity index (χ3v) is 2.01. The van der Waals surface area contributed by atoms with Crippen LogP contribution in [0.25, 0.3) is 10.8 Å². The first-order valence-corrected chi connectivity index (χ1v) is 6.61. The van der Waals surface area contributed by atoms with Gasteiger partial charge in [-0.05, 0) is 22.9 Å². The van der Waals surface area contributed by atoms with Crippen LogP contribution < -0.4 is 11.5 Å². The second-order valence-electron chi connectivity index (χ2n) is 3.10. The Kier molecular flexibility index (Phi) is 13.1. The molecule has 0 fully saturated rings. The fourth-order valence-electron chi connectivity index (χ4n) is 1.28. The second-order valence-corrected chi connectivity index (χ2v) is 3.10. The summed E-state index contributed by atoms with van der Waals surface area (Å²) in [4.78, 5) is 17.6. The molecule has 0 atom stereocenters. The number of rotatable bonds is 1. The van der Waals surface area contributed by atoms with E-state index < -0.39 is 0 Å².